The molecule has 1 aromatic heterocycles. The van der Waals surface area contributed by atoms with Crippen molar-refractivity contribution < 1.29 is 34.1 Å². The van der Waals surface area contributed by atoms with Gasteiger partial charge in [0.2, 0.25) is 0 Å². The highest BCUT2D eigenvalue weighted by Gasteiger charge is 2.24. The van der Waals surface area contributed by atoms with Gasteiger partial charge in [-0.05, 0) is 11.6 Å². The third kappa shape index (κ3) is 4.69. The Morgan fingerprint density at radius 3 is 2.39 bits per heavy atom. The van der Waals surface area contributed by atoms with Crippen molar-refractivity contribution in [2.75, 3.05) is 19.5 Å². The number of carbonyl (C=O) groups excluding carboxylic acids is 1. The van der Waals surface area contributed by atoms with Crippen molar-refractivity contribution in [1.29, 1.82) is 0 Å². The van der Waals surface area contributed by atoms with Crippen molar-refractivity contribution in [3.63, 3.8) is 0 Å². The summed E-state index contributed by atoms with van der Waals surface area (Å²) < 4.78 is 10.2. The van der Waals surface area contributed by atoms with Gasteiger partial charge >= 0.3 is 18.0 Å². The van der Waals surface area contributed by atoms with E-state index < -0.39 is 24.0 Å². The van der Waals surface area contributed by atoms with Gasteiger partial charge in [-0.15, -0.1) is 0 Å². The maximum atomic E-state index is 12.5. The first kappa shape index (κ1) is 21.5. The lowest BCUT2D eigenvalue weighted by molar-refractivity contribution is -0.139. The monoisotopic (exact) mass is 427 g/mol. The summed E-state index contributed by atoms with van der Waals surface area (Å²) in [6, 6.07) is 7.78. The molecule has 1 atom stereocenters. The van der Waals surface area contributed by atoms with Crippen LogP contribution in [0.15, 0.2) is 42.6 Å². The molecular formula is C21H21N3O7. The topological polar surface area (TPSA) is 150 Å². The molecule has 10 nitrogen and oxygen atoms in total. The number of amides is 2. The molecule has 5 N–H and O–H groups in total. The number of benzene rings is 2. The van der Waals surface area contributed by atoms with Crippen molar-refractivity contribution in [2.24, 2.45) is 0 Å². The van der Waals surface area contributed by atoms with E-state index in [-0.39, 0.29) is 29.2 Å². The maximum Gasteiger partial charge on any atom is 0.337 e. The van der Waals surface area contributed by atoms with Crippen LogP contribution >= 0.6 is 0 Å². The Hall–Kier alpha value is -4.21. The lowest BCUT2D eigenvalue weighted by Crippen LogP contribution is -2.44. The summed E-state index contributed by atoms with van der Waals surface area (Å²) in [5.74, 6) is -2.15. The molecule has 0 saturated heterocycles. The van der Waals surface area contributed by atoms with Gasteiger partial charge in [-0.25, -0.2) is 14.4 Å². The van der Waals surface area contributed by atoms with E-state index in [1.54, 1.807) is 6.20 Å². The van der Waals surface area contributed by atoms with Gasteiger partial charge in [-0.3, -0.25) is 0 Å². The fourth-order valence-electron chi connectivity index (χ4n) is 3.20. The second kappa shape index (κ2) is 9.08. The number of hydrogen-bond donors (Lipinski definition) is 5. The predicted octanol–water partition coefficient (Wildman–Crippen LogP) is 2.70. The standard InChI is InChI=1S/C21H21N3O7/c1-30-17-8-13(19(25)26)15(9-18(17)31-2)23-21(29)24-16(20(27)28)7-11-10-22-14-6-4-3-5-12(11)14/h3-6,8-10,16,22H,7H2,1-2H3,(H,25,26)(H,27,28)(H2,23,24,29)/t16-/m0/s1. The highest BCUT2D eigenvalue weighted by atomic mass is 16.5. The highest BCUT2D eigenvalue weighted by Crippen LogP contribution is 2.33. The molecule has 2 amide bonds. The third-order valence-electron chi connectivity index (χ3n) is 4.70. The number of hydrogen-bond acceptors (Lipinski definition) is 5. The van der Waals surface area contributed by atoms with E-state index in [1.807, 2.05) is 24.3 Å². The molecule has 0 bridgehead atoms. The molecule has 0 spiro atoms. The van der Waals surface area contributed by atoms with E-state index in [1.165, 1.54) is 26.4 Å². The van der Waals surface area contributed by atoms with Crippen LogP contribution in [0.5, 0.6) is 11.5 Å². The van der Waals surface area contributed by atoms with E-state index in [9.17, 15) is 24.6 Å². The predicted molar refractivity (Wildman–Crippen MR) is 112 cm³/mol. The summed E-state index contributed by atoms with van der Waals surface area (Å²) >= 11 is 0. The van der Waals surface area contributed by atoms with Gasteiger partial charge in [0.05, 0.1) is 25.5 Å². The highest BCUT2D eigenvalue weighted by molar-refractivity contribution is 6.01. The number of carbonyl (C=O) groups is 3. The van der Waals surface area contributed by atoms with Crippen LogP contribution < -0.4 is 20.1 Å². The number of aromatic carboxylic acids is 1. The fourth-order valence-corrected chi connectivity index (χ4v) is 3.20. The number of aliphatic carboxylic acids is 1. The number of carboxylic acid groups (broad SMARTS) is 2. The molecule has 0 fully saturated rings. The van der Waals surface area contributed by atoms with Gasteiger partial charge in [-0.1, -0.05) is 18.2 Å². The lowest BCUT2D eigenvalue weighted by Gasteiger charge is -2.17. The van der Waals surface area contributed by atoms with Crippen molar-refractivity contribution in [3.8, 4) is 11.5 Å². The minimum Gasteiger partial charge on any atom is -0.493 e. The molecule has 3 aromatic rings. The number of H-pyrrole nitrogens is 1. The average molecular weight is 427 g/mol. The number of ether oxygens (including phenoxy) is 2. The number of methoxy groups -OCH3 is 2. The van der Waals surface area contributed by atoms with Crippen LogP contribution in [-0.2, 0) is 11.2 Å². The number of carboxylic acids is 2. The number of nitrogens with one attached hydrogen (secondary N) is 3. The normalized spacial score (nSPS) is 11.5. The zero-order valence-corrected chi connectivity index (χ0v) is 16.8. The molecule has 0 aliphatic carbocycles. The van der Waals surface area contributed by atoms with Gasteiger partial charge in [0.15, 0.2) is 11.5 Å². The van der Waals surface area contributed by atoms with E-state index in [2.05, 4.69) is 15.6 Å². The Morgan fingerprint density at radius 2 is 1.74 bits per heavy atom. The van der Waals surface area contributed by atoms with Crippen LogP contribution in [0.25, 0.3) is 10.9 Å². The SMILES string of the molecule is COc1cc(NC(=O)N[C@@H](Cc2c[nH]c3ccccc23)C(=O)O)c(C(=O)O)cc1OC. The summed E-state index contributed by atoms with van der Waals surface area (Å²) in [6.45, 7) is 0. The molecule has 0 aliphatic rings. The summed E-state index contributed by atoms with van der Waals surface area (Å²) in [4.78, 5) is 38.8. The van der Waals surface area contributed by atoms with Crippen molar-refractivity contribution in [1.82, 2.24) is 10.3 Å². The zero-order chi connectivity index (χ0) is 22.5. The van der Waals surface area contributed by atoms with E-state index in [0.717, 1.165) is 16.5 Å². The van der Waals surface area contributed by atoms with Crippen LogP contribution in [-0.4, -0.2) is 53.4 Å². The van der Waals surface area contributed by atoms with Gasteiger partial charge in [-0.2, -0.15) is 0 Å². The Labute approximate surface area is 176 Å². The largest absolute Gasteiger partial charge is 0.493 e. The number of rotatable bonds is 8. The second-order valence-electron chi connectivity index (χ2n) is 6.61. The fraction of sp³-hybridized carbons (Fsp3) is 0.190. The number of aromatic nitrogens is 1. The van der Waals surface area contributed by atoms with E-state index in [0.29, 0.717) is 0 Å². The number of fused-ring (bicyclic) bond motifs is 1. The average Bonchev–Trinajstić information content (AvgIpc) is 3.15. The first-order valence-corrected chi connectivity index (χ1v) is 9.18. The third-order valence-corrected chi connectivity index (χ3v) is 4.70. The quantitative estimate of drug-likeness (QED) is 0.371. The van der Waals surface area contributed by atoms with Gasteiger partial charge in [0.25, 0.3) is 0 Å². The van der Waals surface area contributed by atoms with Gasteiger partial charge in [0.1, 0.15) is 6.04 Å². The molecule has 3 rings (SSSR count). The molecule has 0 aliphatic heterocycles. The molecule has 31 heavy (non-hydrogen) atoms. The molecule has 162 valence electrons. The lowest BCUT2D eigenvalue weighted by atomic mass is 10.1. The number of para-hydroxylation sites is 1. The first-order chi connectivity index (χ1) is 14.8. The van der Waals surface area contributed by atoms with Gasteiger partial charge < -0.3 is 35.3 Å². The smallest absolute Gasteiger partial charge is 0.337 e. The maximum absolute atomic E-state index is 12.5. The second-order valence-corrected chi connectivity index (χ2v) is 6.61. The van der Waals surface area contributed by atoms with Crippen molar-refractivity contribution in [3.05, 3.63) is 53.7 Å². The summed E-state index contributed by atoms with van der Waals surface area (Å²) in [5.41, 5.74) is 1.26. The Morgan fingerprint density at radius 1 is 1.06 bits per heavy atom. The summed E-state index contributed by atoms with van der Waals surface area (Å²) in [5, 5.41) is 24.6. The van der Waals surface area contributed by atoms with Crippen LogP contribution in [0.1, 0.15) is 15.9 Å². The summed E-state index contributed by atoms with van der Waals surface area (Å²) in [7, 11) is 2.72. The molecular weight excluding hydrogens is 406 g/mol. The summed E-state index contributed by atoms with van der Waals surface area (Å²) in [6.07, 6.45) is 1.72. The van der Waals surface area contributed by atoms with Gasteiger partial charge in [0, 0.05) is 35.7 Å². The Balaban J connectivity index is 1.80. The van der Waals surface area contributed by atoms with Crippen LogP contribution in [0, 0.1) is 0 Å². The Kier molecular flexibility index (Phi) is 6.29. The minimum atomic E-state index is -1.30. The van der Waals surface area contributed by atoms with Crippen molar-refractivity contribution >= 4 is 34.6 Å². The van der Waals surface area contributed by atoms with Crippen LogP contribution in [0.4, 0.5) is 10.5 Å². The first-order valence-electron chi connectivity index (χ1n) is 9.18. The zero-order valence-electron chi connectivity index (χ0n) is 16.8. The molecule has 1 heterocycles. The molecule has 0 saturated carbocycles. The molecule has 0 radical (unpaired) electrons. The van der Waals surface area contributed by atoms with Crippen molar-refractivity contribution in [2.45, 2.75) is 12.5 Å². The molecule has 10 heteroatoms. The van der Waals surface area contributed by atoms with E-state index in [4.69, 9.17) is 9.47 Å². The molecule has 2 aromatic carbocycles. The van der Waals surface area contributed by atoms with Crippen LogP contribution in [0.3, 0.4) is 0 Å². The Bertz CT molecular complexity index is 1140. The minimum absolute atomic E-state index is 0.0322. The number of aromatic amines is 1. The number of urea groups is 1. The number of anilines is 1. The van der Waals surface area contributed by atoms with E-state index >= 15 is 0 Å². The molecule has 0 unspecified atom stereocenters. The van der Waals surface area contributed by atoms with Crippen LogP contribution in [0.2, 0.25) is 0 Å².